The maximum absolute atomic E-state index is 13.9. The first-order valence-corrected chi connectivity index (χ1v) is 8.57. The van der Waals surface area contributed by atoms with E-state index in [2.05, 4.69) is 0 Å². The molecule has 1 heterocycles. The van der Waals surface area contributed by atoms with Crippen molar-refractivity contribution in [1.82, 2.24) is 4.90 Å². The molecule has 0 saturated carbocycles. The van der Waals surface area contributed by atoms with Gasteiger partial charge in [-0.25, -0.2) is 0 Å². The second-order valence-corrected chi connectivity index (χ2v) is 7.29. The Labute approximate surface area is 149 Å². The summed E-state index contributed by atoms with van der Waals surface area (Å²) >= 11 is -0.619. The van der Waals surface area contributed by atoms with Crippen molar-refractivity contribution in [2.45, 2.75) is 41.7 Å². The van der Waals surface area contributed by atoms with Gasteiger partial charge in [0, 0.05) is 36.0 Å². The number of piperidine rings is 1. The maximum atomic E-state index is 13.9. The van der Waals surface area contributed by atoms with E-state index in [4.69, 9.17) is 4.74 Å². The van der Waals surface area contributed by atoms with Crippen LogP contribution in [0.4, 0.5) is 22.0 Å². The van der Waals surface area contributed by atoms with E-state index in [0.29, 0.717) is 19.4 Å². The minimum atomic E-state index is -4.73. The molecule has 0 radical (unpaired) electrons. The zero-order valence-electron chi connectivity index (χ0n) is 13.5. The molecule has 1 unspecified atom stereocenters. The van der Waals surface area contributed by atoms with Gasteiger partial charge < -0.3 is 9.64 Å². The Morgan fingerprint density at radius 1 is 1.27 bits per heavy atom. The molecule has 1 aromatic rings. The first kappa shape index (κ1) is 18.9. The summed E-state index contributed by atoms with van der Waals surface area (Å²) in [6.45, 7) is 0.536. The zero-order valence-corrected chi connectivity index (χ0v) is 14.3. The normalized spacial score (nSPS) is 22.5. The molecule has 1 atom stereocenters. The third-order valence-electron chi connectivity index (χ3n) is 4.30. The highest BCUT2D eigenvalue weighted by Gasteiger charge is 2.50. The van der Waals surface area contributed by atoms with Gasteiger partial charge in [0.15, 0.2) is 6.10 Å². The fourth-order valence-electron chi connectivity index (χ4n) is 3.09. The molecule has 1 amide bonds. The highest BCUT2D eigenvalue weighted by molar-refractivity contribution is 8.00. The number of likely N-dealkylation sites (N-methyl/N-ethyl adjacent to an activating group) is 1. The molecule has 2 aliphatic rings. The summed E-state index contributed by atoms with van der Waals surface area (Å²) in [5, 5.41) is 0. The van der Waals surface area contributed by atoms with E-state index < -0.39 is 52.0 Å². The summed E-state index contributed by atoms with van der Waals surface area (Å²) in [6.07, 6.45) is -0.948. The van der Waals surface area contributed by atoms with Crippen LogP contribution >= 0.6 is 11.8 Å². The summed E-state index contributed by atoms with van der Waals surface area (Å²) in [5.41, 5.74) is -5.68. The first-order valence-electron chi connectivity index (χ1n) is 7.75. The number of halogens is 5. The number of benzene rings is 1. The topological polar surface area (TPSA) is 46.6 Å². The molecule has 1 aromatic carbocycles. The van der Waals surface area contributed by atoms with Crippen molar-refractivity contribution in [1.29, 1.82) is 0 Å². The third-order valence-corrected chi connectivity index (χ3v) is 5.09. The number of hydrogen-bond donors (Lipinski definition) is 0. The van der Waals surface area contributed by atoms with Crippen molar-refractivity contribution in [3.63, 3.8) is 0 Å². The van der Waals surface area contributed by atoms with E-state index in [1.165, 1.54) is 4.90 Å². The van der Waals surface area contributed by atoms with E-state index in [-0.39, 0.29) is 17.2 Å². The lowest BCUT2D eigenvalue weighted by Crippen LogP contribution is -2.44. The van der Waals surface area contributed by atoms with E-state index >= 15 is 0 Å². The van der Waals surface area contributed by atoms with E-state index in [9.17, 15) is 31.5 Å². The van der Waals surface area contributed by atoms with Gasteiger partial charge in [-0.3, -0.25) is 9.59 Å². The van der Waals surface area contributed by atoms with Crippen LogP contribution in [0.1, 0.15) is 28.8 Å². The van der Waals surface area contributed by atoms with Crippen LogP contribution in [-0.2, 0) is 11.2 Å². The van der Waals surface area contributed by atoms with Crippen LogP contribution in [0.25, 0.3) is 0 Å². The first-order chi connectivity index (χ1) is 12.0. The molecule has 0 N–H and O–H groups in total. The Hall–Kier alpha value is -1.84. The fourth-order valence-corrected chi connectivity index (χ4v) is 3.80. The van der Waals surface area contributed by atoms with Gasteiger partial charge in [-0.2, -0.15) is 22.0 Å². The fraction of sp³-hybridized carbons (Fsp3) is 0.500. The predicted molar refractivity (Wildman–Crippen MR) is 82.6 cm³/mol. The van der Waals surface area contributed by atoms with Crippen LogP contribution in [0, 0.1) is 0 Å². The minimum Gasteiger partial charge on any atom is -0.480 e. The third kappa shape index (κ3) is 3.51. The molecule has 0 bridgehead atoms. The molecular formula is C16H14F5NO3S. The summed E-state index contributed by atoms with van der Waals surface area (Å²) in [6, 6.07) is 2.05. The smallest absolute Gasteiger partial charge is 0.446 e. The number of hydrogen-bond acceptors (Lipinski definition) is 4. The van der Waals surface area contributed by atoms with E-state index in [1.807, 2.05) is 0 Å². The van der Waals surface area contributed by atoms with Gasteiger partial charge in [0.25, 0.3) is 5.91 Å². The highest BCUT2D eigenvalue weighted by atomic mass is 32.2. The van der Waals surface area contributed by atoms with Gasteiger partial charge in [0.05, 0.1) is 0 Å². The van der Waals surface area contributed by atoms with Gasteiger partial charge in [0.1, 0.15) is 5.75 Å². The van der Waals surface area contributed by atoms with Crippen molar-refractivity contribution in [2.24, 2.45) is 0 Å². The molecule has 1 aliphatic carbocycles. The highest BCUT2D eigenvalue weighted by Crippen LogP contribution is 2.47. The van der Waals surface area contributed by atoms with Gasteiger partial charge in [0.2, 0.25) is 5.78 Å². The molecule has 26 heavy (non-hydrogen) atoms. The minimum absolute atomic E-state index is 0.148. The van der Waals surface area contributed by atoms with Crippen LogP contribution in [-0.4, -0.2) is 47.7 Å². The Balaban J connectivity index is 1.99. The average Bonchev–Trinajstić information content (AvgIpc) is 2.76. The molecule has 1 aliphatic heterocycles. The van der Waals surface area contributed by atoms with Gasteiger partial charge >= 0.3 is 11.4 Å². The van der Waals surface area contributed by atoms with Crippen molar-refractivity contribution >= 4 is 23.5 Å². The van der Waals surface area contributed by atoms with Gasteiger partial charge in [-0.05, 0) is 36.7 Å². The molecule has 10 heteroatoms. The molecule has 0 aromatic heterocycles. The van der Waals surface area contributed by atoms with Crippen LogP contribution in [0.2, 0.25) is 0 Å². The number of carbonyl (C=O) groups excluding carboxylic acids is 2. The van der Waals surface area contributed by atoms with Crippen LogP contribution < -0.4 is 4.74 Å². The number of thioether (sulfide) groups is 1. The van der Waals surface area contributed by atoms with Crippen LogP contribution in [0.15, 0.2) is 17.0 Å². The van der Waals surface area contributed by atoms with Crippen LogP contribution in [0.5, 0.6) is 5.75 Å². The number of ether oxygens (including phenoxy) is 1. The largest absolute Gasteiger partial charge is 0.480 e. The summed E-state index contributed by atoms with van der Waals surface area (Å²) in [5.74, 6) is -5.94. The average molecular weight is 395 g/mol. The summed E-state index contributed by atoms with van der Waals surface area (Å²) in [4.78, 5) is 24.9. The Bertz CT molecular complexity index is 765. The maximum Gasteiger partial charge on any atom is 0.446 e. The monoisotopic (exact) mass is 395 g/mol. The van der Waals surface area contributed by atoms with Crippen molar-refractivity contribution in [3.05, 3.63) is 23.3 Å². The number of ketones is 1. The molecule has 3 rings (SSSR count). The number of rotatable bonds is 3. The van der Waals surface area contributed by atoms with Crippen LogP contribution in [0.3, 0.4) is 0 Å². The number of Topliss-reactive ketones (excluding diaryl/α,β-unsaturated/α-hetero) is 1. The molecule has 4 nitrogen and oxygen atoms in total. The number of carbonyl (C=O) groups is 2. The zero-order chi connectivity index (χ0) is 19.3. The summed E-state index contributed by atoms with van der Waals surface area (Å²) < 4.78 is 71.3. The molecule has 1 saturated heterocycles. The van der Waals surface area contributed by atoms with Crippen molar-refractivity contribution < 1.29 is 36.3 Å². The Kier molecular flexibility index (Phi) is 4.66. The number of fused-ring (bicyclic) bond motifs is 1. The number of alkyl halides is 5. The lowest BCUT2D eigenvalue weighted by Gasteiger charge is -2.30. The quantitative estimate of drug-likeness (QED) is 0.579. The number of likely N-dealkylation sites (tertiary alicyclic amines) is 1. The van der Waals surface area contributed by atoms with E-state index in [0.717, 1.165) is 12.1 Å². The second-order valence-electron chi connectivity index (χ2n) is 6.18. The Morgan fingerprint density at radius 3 is 2.62 bits per heavy atom. The standard InChI is InChI=1S/C16H14F5NO3S/c1-22-6-2-3-10(14(22)24)25-9-4-5-11(26-16(19,20)21)12-8(9)7-15(17,18)13(12)23/h4-5,10H,2-3,6-7H2,1H3. The molecule has 142 valence electrons. The van der Waals surface area contributed by atoms with Crippen molar-refractivity contribution in [3.8, 4) is 5.75 Å². The molecule has 0 spiro atoms. The Morgan fingerprint density at radius 2 is 1.96 bits per heavy atom. The summed E-state index contributed by atoms with van der Waals surface area (Å²) in [7, 11) is 1.57. The van der Waals surface area contributed by atoms with E-state index in [1.54, 1.807) is 7.05 Å². The molecule has 1 fully saturated rings. The molecular weight excluding hydrogens is 381 g/mol. The second kappa shape index (κ2) is 6.40. The van der Waals surface area contributed by atoms with Gasteiger partial charge in [-0.15, -0.1) is 0 Å². The predicted octanol–water partition coefficient (Wildman–Crippen LogP) is 3.67. The lowest BCUT2D eigenvalue weighted by atomic mass is 10.1. The van der Waals surface area contributed by atoms with Crippen molar-refractivity contribution in [2.75, 3.05) is 13.6 Å². The SMILES string of the molecule is CN1CCCC(Oc2ccc(SC(F)(F)F)c3c2CC(F)(F)C3=O)C1=O. The number of nitrogens with zero attached hydrogens (tertiary/aromatic N) is 1. The number of amides is 1. The van der Waals surface area contributed by atoms with Gasteiger partial charge in [-0.1, -0.05) is 0 Å². The lowest BCUT2D eigenvalue weighted by molar-refractivity contribution is -0.140.